The fraction of sp³-hybridized carbons (Fsp3) is 0.533. The smallest absolute Gasteiger partial charge is 0.266 e. The standard InChI is InChI=1S/C15H22N4O2/c1-15(2,3)11-6-13(20)19(8-11)9-12-5-4-10(7-17-12)14(21)18-16/h4-5,7,11H,6,8-9,16H2,1-3H3,(H,18,21). The molecule has 1 atom stereocenters. The van der Waals surface area contributed by atoms with Crippen molar-refractivity contribution in [2.75, 3.05) is 6.54 Å². The molecule has 0 aromatic carbocycles. The number of carbonyl (C=O) groups is 2. The van der Waals surface area contributed by atoms with Gasteiger partial charge in [-0.2, -0.15) is 0 Å². The van der Waals surface area contributed by atoms with Crippen LogP contribution in [-0.2, 0) is 11.3 Å². The number of hydrogen-bond acceptors (Lipinski definition) is 4. The van der Waals surface area contributed by atoms with Gasteiger partial charge in [0.25, 0.3) is 5.91 Å². The lowest BCUT2D eigenvalue weighted by atomic mass is 9.80. The Morgan fingerprint density at radius 3 is 2.67 bits per heavy atom. The third-order valence-electron chi connectivity index (χ3n) is 4.01. The van der Waals surface area contributed by atoms with Crippen molar-refractivity contribution in [3.63, 3.8) is 0 Å². The highest BCUT2D eigenvalue weighted by molar-refractivity contribution is 5.93. The van der Waals surface area contributed by atoms with Gasteiger partial charge in [0.2, 0.25) is 5.91 Å². The first-order valence-electron chi connectivity index (χ1n) is 7.05. The minimum atomic E-state index is -0.376. The maximum absolute atomic E-state index is 12.1. The summed E-state index contributed by atoms with van der Waals surface area (Å²) < 4.78 is 0. The second-order valence-electron chi connectivity index (χ2n) is 6.55. The van der Waals surface area contributed by atoms with Crippen molar-refractivity contribution in [1.82, 2.24) is 15.3 Å². The molecule has 0 aliphatic carbocycles. The molecule has 0 radical (unpaired) electrons. The molecule has 1 unspecified atom stereocenters. The summed E-state index contributed by atoms with van der Waals surface area (Å²) in [5.74, 6) is 5.23. The van der Waals surface area contributed by atoms with Crippen LogP contribution in [0.5, 0.6) is 0 Å². The van der Waals surface area contributed by atoms with E-state index in [-0.39, 0.29) is 17.2 Å². The number of amides is 2. The first-order chi connectivity index (χ1) is 9.81. The van der Waals surface area contributed by atoms with Crippen LogP contribution in [0, 0.1) is 11.3 Å². The summed E-state index contributed by atoms with van der Waals surface area (Å²) in [4.78, 5) is 29.5. The van der Waals surface area contributed by atoms with Gasteiger partial charge in [0, 0.05) is 19.2 Å². The molecule has 2 rings (SSSR count). The van der Waals surface area contributed by atoms with Crippen LogP contribution >= 0.6 is 0 Å². The molecule has 6 nitrogen and oxygen atoms in total. The van der Waals surface area contributed by atoms with Gasteiger partial charge in [-0.3, -0.25) is 20.0 Å². The van der Waals surface area contributed by atoms with E-state index in [9.17, 15) is 9.59 Å². The highest BCUT2D eigenvalue weighted by Gasteiger charge is 2.36. The molecular formula is C15H22N4O2. The summed E-state index contributed by atoms with van der Waals surface area (Å²) in [6, 6.07) is 3.41. The largest absolute Gasteiger partial charge is 0.336 e. The molecular weight excluding hydrogens is 268 g/mol. The van der Waals surface area contributed by atoms with Crippen LogP contribution in [0.25, 0.3) is 0 Å². The Morgan fingerprint density at radius 1 is 1.48 bits per heavy atom. The van der Waals surface area contributed by atoms with Gasteiger partial charge < -0.3 is 4.90 Å². The molecule has 114 valence electrons. The molecule has 1 aliphatic rings. The molecule has 0 spiro atoms. The average Bonchev–Trinajstić information content (AvgIpc) is 2.80. The Morgan fingerprint density at radius 2 is 2.19 bits per heavy atom. The third-order valence-corrected chi connectivity index (χ3v) is 4.01. The van der Waals surface area contributed by atoms with E-state index in [1.165, 1.54) is 6.20 Å². The number of pyridine rings is 1. The van der Waals surface area contributed by atoms with Crippen molar-refractivity contribution in [2.24, 2.45) is 17.2 Å². The Kier molecular flexibility index (Phi) is 4.27. The predicted molar refractivity (Wildman–Crippen MR) is 78.9 cm³/mol. The minimum absolute atomic E-state index is 0.126. The Labute approximate surface area is 124 Å². The number of carbonyl (C=O) groups excluding carboxylic acids is 2. The van der Waals surface area contributed by atoms with E-state index in [4.69, 9.17) is 5.84 Å². The fourth-order valence-corrected chi connectivity index (χ4v) is 2.44. The highest BCUT2D eigenvalue weighted by atomic mass is 16.2. The van der Waals surface area contributed by atoms with Crippen LogP contribution in [0.3, 0.4) is 0 Å². The van der Waals surface area contributed by atoms with Crippen molar-refractivity contribution >= 4 is 11.8 Å². The van der Waals surface area contributed by atoms with Gasteiger partial charge in [-0.05, 0) is 23.5 Å². The number of nitrogen functional groups attached to an aromatic ring is 1. The van der Waals surface area contributed by atoms with Gasteiger partial charge in [-0.1, -0.05) is 20.8 Å². The van der Waals surface area contributed by atoms with E-state index >= 15 is 0 Å². The first-order valence-corrected chi connectivity index (χ1v) is 7.05. The predicted octanol–water partition coefficient (Wildman–Crippen LogP) is 1.08. The number of hydrogen-bond donors (Lipinski definition) is 2. The van der Waals surface area contributed by atoms with E-state index in [1.54, 1.807) is 12.1 Å². The van der Waals surface area contributed by atoms with Crippen LogP contribution in [0.15, 0.2) is 18.3 Å². The number of nitrogens with one attached hydrogen (secondary N) is 1. The molecule has 0 saturated carbocycles. The van der Waals surface area contributed by atoms with Crippen LogP contribution in [0.1, 0.15) is 43.2 Å². The van der Waals surface area contributed by atoms with Gasteiger partial charge in [0.05, 0.1) is 17.8 Å². The number of nitrogens with zero attached hydrogens (tertiary/aromatic N) is 2. The molecule has 21 heavy (non-hydrogen) atoms. The van der Waals surface area contributed by atoms with E-state index in [0.29, 0.717) is 24.4 Å². The van der Waals surface area contributed by atoms with Gasteiger partial charge in [0.15, 0.2) is 0 Å². The van der Waals surface area contributed by atoms with Gasteiger partial charge in [-0.15, -0.1) is 0 Å². The molecule has 1 aliphatic heterocycles. The molecule has 1 saturated heterocycles. The number of hydrazine groups is 1. The normalized spacial score (nSPS) is 19.0. The van der Waals surface area contributed by atoms with Crippen molar-refractivity contribution in [1.29, 1.82) is 0 Å². The zero-order chi connectivity index (χ0) is 15.6. The second kappa shape index (κ2) is 5.81. The summed E-state index contributed by atoms with van der Waals surface area (Å²) in [5.41, 5.74) is 3.36. The lowest BCUT2D eigenvalue weighted by Crippen LogP contribution is -2.30. The molecule has 2 heterocycles. The van der Waals surface area contributed by atoms with Crippen molar-refractivity contribution in [3.05, 3.63) is 29.6 Å². The number of aromatic nitrogens is 1. The van der Waals surface area contributed by atoms with Crippen molar-refractivity contribution in [2.45, 2.75) is 33.7 Å². The van der Waals surface area contributed by atoms with Crippen LogP contribution in [0.4, 0.5) is 0 Å². The Hall–Kier alpha value is -1.95. The van der Waals surface area contributed by atoms with E-state index in [1.807, 2.05) is 4.90 Å². The lowest BCUT2D eigenvalue weighted by Gasteiger charge is -2.26. The monoisotopic (exact) mass is 290 g/mol. The highest BCUT2D eigenvalue weighted by Crippen LogP contribution is 2.34. The quantitative estimate of drug-likeness (QED) is 0.495. The van der Waals surface area contributed by atoms with Gasteiger partial charge in [-0.25, -0.2) is 5.84 Å². The molecule has 6 heteroatoms. The average molecular weight is 290 g/mol. The second-order valence-corrected chi connectivity index (χ2v) is 6.55. The Bertz CT molecular complexity index is 534. The van der Waals surface area contributed by atoms with E-state index < -0.39 is 0 Å². The summed E-state index contributed by atoms with van der Waals surface area (Å²) in [6.45, 7) is 7.72. The summed E-state index contributed by atoms with van der Waals surface area (Å²) in [5, 5.41) is 0. The van der Waals surface area contributed by atoms with E-state index in [0.717, 1.165) is 12.2 Å². The summed E-state index contributed by atoms with van der Waals surface area (Å²) in [6.07, 6.45) is 2.07. The van der Waals surface area contributed by atoms with Crippen molar-refractivity contribution in [3.8, 4) is 0 Å². The maximum Gasteiger partial charge on any atom is 0.266 e. The molecule has 1 aromatic heterocycles. The zero-order valence-electron chi connectivity index (χ0n) is 12.7. The van der Waals surface area contributed by atoms with Gasteiger partial charge in [0.1, 0.15) is 0 Å². The number of nitrogens with two attached hydrogens (primary N) is 1. The first kappa shape index (κ1) is 15.4. The summed E-state index contributed by atoms with van der Waals surface area (Å²) >= 11 is 0. The molecule has 0 bridgehead atoms. The van der Waals surface area contributed by atoms with Crippen LogP contribution in [-0.4, -0.2) is 28.2 Å². The van der Waals surface area contributed by atoms with Crippen molar-refractivity contribution < 1.29 is 9.59 Å². The van der Waals surface area contributed by atoms with E-state index in [2.05, 4.69) is 31.2 Å². The number of rotatable bonds is 3. The SMILES string of the molecule is CC(C)(C)C1CC(=O)N(Cc2ccc(C(=O)NN)cn2)C1. The van der Waals surface area contributed by atoms with Crippen LogP contribution in [0.2, 0.25) is 0 Å². The molecule has 1 aromatic rings. The zero-order valence-corrected chi connectivity index (χ0v) is 12.7. The van der Waals surface area contributed by atoms with Crippen LogP contribution < -0.4 is 11.3 Å². The number of likely N-dealkylation sites (tertiary alicyclic amines) is 1. The minimum Gasteiger partial charge on any atom is -0.336 e. The molecule has 2 amide bonds. The third kappa shape index (κ3) is 3.58. The lowest BCUT2D eigenvalue weighted by molar-refractivity contribution is -0.128. The Balaban J connectivity index is 2.02. The summed E-state index contributed by atoms with van der Waals surface area (Å²) in [7, 11) is 0. The molecule has 3 N–H and O–H groups in total. The molecule has 1 fully saturated rings. The van der Waals surface area contributed by atoms with Gasteiger partial charge >= 0.3 is 0 Å². The maximum atomic E-state index is 12.1. The fourth-order valence-electron chi connectivity index (χ4n) is 2.44. The topological polar surface area (TPSA) is 88.3 Å².